The molecule has 2 heterocycles. The van der Waals surface area contributed by atoms with Gasteiger partial charge in [0.05, 0.1) is 11.7 Å². The molecule has 3 nitrogen and oxygen atoms in total. The van der Waals surface area contributed by atoms with Crippen molar-refractivity contribution in [2.75, 3.05) is 7.05 Å². The van der Waals surface area contributed by atoms with Gasteiger partial charge in [0.1, 0.15) is 0 Å². The lowest BCUT2D eigenvalue weighted by Crippen LogP contribution is -2.16. The van der Waals surface area contributed by atoms with Crippen LogP contribution in [0.2, 0.25) is 0 Å². The van der Waals surface area contributed by atoms with Crippen LogP contribution in [0.5, 0.6) is 0 Å². The summed E-state index contributed by atoms with van der Waals surface area (Å²) in [5.41, 5.74) is 2.35. The minimum absolute atomic E-state index is 0.257. The average molecular weight is 235 g/mol. The molecular weight excluding hydrogens is 218 g/mol. The molecule has 0 radical (unpaired) electrons. The van der Waals surface area contributed by atoms with Crippen LogP contribution in [0.3, 0.4) is 0 Å². The molecule has 0 saturated carbocycles. The van der Waals surface area contributed by atoms with Crippen molar-refractivity contribution in [2.24, 2.45) is 7.05 Å². The highest BCUT2D eigenvalue weighted by molar-refractivity contribution is 7.12. The fraction of sp³-hybridized carbons (Fsp3) is 0.417. The summed E-state index contributed by atoms with van der Waals surface area (Å²) in [7, 11) is 3.95. The highest BCUT2D eigenvalue weighted by Crippen LogP contribution is 2.29. The Labute approximate surface area is 100 Å². The molecule has 2 aromatic heterocycles. The van der Waals surface area contributed by atoms with Crippen LogP contribution in [0.15, 0.2) is 18.3 Å². The Hall–Kier alpha value is -1.13. The quantitative estimate of drug-likeness (QED) is 0.885. The van der Waals surface area contributed by atoms with Crippen molar-refractivity contribution in [3.8, 4) is 0 Å². The maximum atomic E-state index is 4.39. The van der Waals surface area contributed by atoms with Crippen LogP contribution < -0.4 is 5.32 Å². The molecule has 0 aliphatic rings. The summed E-state index contributed by atoms with van der Waals surface area (Å²) in [6.07, 6.45) is 2.09. The predicted octanol–water partition coefficient (Wildman–Crippen LogP) is 2.41. The SMILES string of the molecule is CNC(c1ccc(C)s1)c1cn(C)nc1C. The van der Waals surface area contributed by atoms with Crippen LogP contribution in [0.25, 0.3) is 0 Å². The Morgan fingerprint density at radius 2 is 2.12 bits per heavy atom. The van der Waals surface area contributed by atoms with Crippen molar-refractivity contribution in [3.05, 3.63) is 39.3 Å². The van der Waals surface area contributed by atoms with Gasteiger partial charge in [-0.15, -0.1) is 11.3 Å². The molecule has 2 aromatic rings. The predicted molar refractivity (Wildman–Crippen MR) is 67.9 cm³/mol. The summed E-state index contributed by atoms with van der Waals surface area (Å²) in [5, 5.41) is 7.75. The van der Waals surface area contributed by atoms with Gasteiger partial charge in [-0.2, -0.15) is 5.10 Å². The zero-order chi connectivity index (χ0) is 11.7. The fourth-order valence-corrected chi connectivity index (χ4v) is 2.97. The van der Waals surface area contributed by atoms with Gasteiger partial charge in [-0.3, -0.25) is 4.68 Å². The van der Waals surface area contributed by atoms with E-state index in [4.69, 9.17) is 0 Å². The molecule has 0 amide bonds. The molecule has 0 aromatic carbocycles. The van der Waals surface area contributed by atoms with E-state index in [0.29, 0.717) is 0 Å². The minimum Gasteiger partial charge on any atom is -0.309 e. The number of thiophene rings is 1. The van der Waals surface area contributed by atoms with Crippen molar-refractivity contribution in [1.82, 2.24) is 15.1 Å². The van der Waals surface area contributed by atoms with Gasteiger partial charge in [0.2, 0.25) is 0 Å². The molecular formula is C12H17N3S. The first-order valence-corrected chi connectivity index (χ1v) is 6.17. The molecule has 4 heteroatoms. The molecule has 0 saturated heterocycles. The third kappa shape index (κ3) is 2.03. The van der Waals surface area contributed by atoms with Gasteiger partial charge >= 0.3 is 0 Å². The van der Waals surface area contributed by atoms with Gasteiger partial charge < -0.3 is 5.32 Å². The maximum absolute atomic E-state index is 4.39. The lowest BCUT2D eigenvalue weighted by molar-refractivity contribution is 0.698. The standard InChI is InChI=1S/C12H17N3S/c1-8-5-6-11(16-8)12(13-3)10-7-15(4)14-9(10)2/h5-7,12-13H,1-4H3. The Kier molecular flexibility index (Phi) is 3.12. The number of nitrogens with one attached hydrogen (secondary N) is 1. The van der Waals surface area contributed by atoms with E-state index in [1.165, 1.54) is 15.3 Å². The summed E-state index contributed by atoms with van der Waals surface area (Å²) in [6, 6.07) is 4.61. The number of aromatic nitrogens is 2. The molecule has 0 aliphatic heterocycles. The molecule has 16 heavy (non-hydrogen) atoms. The Morgan fingerprint density at radius 1 is 1.38 bits per heavy atom. The van der Waals surface area contributed by atoms with Gasteiger partial charge in [0, 0.05) is 28.6 Å². The van der Waals surface area contributed by atoms with E-state index in [1.54, 1.807) is 0 Å². The van der Waals surface area contributed by atoms with Gasteiger partial charge in [-0.25, -0.2) is 0 Å². The number of rotatable bonds is 3. The summed E-state index contributed by atoms with van der Waals surface area (Å²) in [5.74, 6) is 0. The molecule has 86 valence electrons. The van der Waals surface area contributed by atoms with Gasteiger partial charge in [-0.1, -0.05) is 0 Å². The molecule has 0 aliphatic carbocycles. The zero-order valence-electron chi connectivity index (χ0n) is 10.1. The van der Waals surface area contributed by atoms with Gasteiger partial charge in [0.15, 0.2) is 0 Å². The molecule has 0 fully saturated rings. The third-order valence-corrected chi connectivity index (χ3v) is 3.76. The van der Waals surface area contributed by atoms with Crippen LogP contribution in [0, 0.1) is 13.8 Å². The second-order valence-corrected chi connectivity index (χ2v) is 5.33. The Bertz CT molecular complexity index is 484. The van der Waals surface area contributed by atoms with Crippen LogP contribution in [0.4, 0.5) is 0 Å². The third-order valence-electron chi connectivity index (χ3n) is 2.70. The number of hydrogen-bond acceptors (Lipinski definition) is 3. The normalized spacial score (nSPS) is 13.0. The molecule has 0 bridgehead atoms. The lowest BCUT2D eigenvalue weighted by atomic mass is 10.1. The topological polar surface area (TPSA) is 29.9 Å². The van der Waals surface area contributed by atoms with E-state index in [2.05, 4.69) is 42.6 Å². The van der Waals surface area contributed by atoms with Crippen LogP contribution in [0.1, 0.15) is 27.1 Å². The van der Waals surface area contributed by atoms with Crippen molar-refractivity contribution >= 4 is 11.3 Å². The van der Waals surface area contributed by atoms with Crippen molar-refractivity contribution in [1.29, 1.82) is 0 Å². The van der Waals surface area contributed by atoms with Crippen LogP contribution in [-0.4, -0.2) is 16.8 Å². The van der Waals surface area contributed by atoms with Crippen LogP contribution in [-0.2, 0) is 7.05 Å². The highest BCUT2D eigenvalue weighted by Gasteiger charge is 2.17. The van der Waals surface area contributed by atoms with Crippen molar-refractivity contribution in [2.45, 2.75) is 19.9 Å². The maximum Gasteiger partial charge on any atom is 0.0702 e. The van der Waals surface area contributed by atoms with E-state index >= 15 is 0 Å². The van der Waals surface area contributed by atoms with E-state index in [-0.39, 0.29) is 6.04 Å². The Balaban J connectivity index is 2.40. The number of aryl methyl sites for hydroxylation is 3. The lowest BCUT2D eigenvalue weighted by Gasteiger charge is -2.13. The van der Waals surface area contributed by atoms with E-state index in [1.807, 2.05) is 30.1 Å². The van der Waals surface area contributed by atoms with Gasteiger partial charge in [0.25, 0.3) is 0 Å². The van der Waals surface area contributed by atoms with E-state index < -0.39 is 0 Å². The second kappa shape index (κ2) is 4.39. The van der Waals surface area contributed by atoms with E-state index in [9.17, 15) is 0 Å². The smallest absolute Gasteiger partial charge is 0.0702 e. The minimum atomic E-state index is 0.257. The first-order valence-electron chi connectivity index (χ1n) is 5.35. The first kappa shape index (κ1) is 11.4. The van der Waals surface area contributed by atoms with Crippen LogP contribution >= 0.6 is 11.3 Å². The van der Waals surface area contributed by atoms with E-state index in [0.717, 1.165) is 5.69 Å². The van der Waals surface area contributed by atoms with Crippen molar-refractivity contribution in [3.63, 3.8) is 0 Å². The number of nitrogens with zero attached hydrogens (tertiary/aromatic N) is 2. The number of hydrogen-bond donors (Lipinski definition) is 1. The first-order chi connectivity index (χ1) is 7.61. The summed E-state index contributed by atoms with van der Waals surface area (Å²) >= 11 is 1.83. The molecule has 1 N–H and O–H groups in total. The van der Waals surface area contributed by atoms with Crippen molar-refractivity contribution < 1.29 is 0 Å². The molecule has 0 spiro atoms. The average Bonchev–Trinajstić information content (AvgIpc) is 2.76. The Morgan fingerprint density at radius 3 is 2.56 bits per heavy atom. The largest absolute Gasteiger partial charge is 0.309 e. The molecule has 1 unspecified atom stereocenters. The highest BCUT2D eigenvalue weighted by atomic mass is 32.1. The summed E-state index contributed by atoms with van der Waals surface area (Å²) in [4.78, 5) is 2.69. The monoisotopic (exact) mass is 235 g/mol. The summed E-state index contributed by atoms with van der Waals surface area (Å²) < 4.78 is 1.87. The van der Waals surface area contributed by atoms with Gasteiger partial charge in [-0.05, 0) is 33.0 Å². The molecule has 2 rings (SSSR count). The molecule has 1 atom stereocenters. The second-order valence-electron chi connectivity index (χ2n) is 4.01. The fourth-order valence-electron chi connectivity index (χ4n) is 1.96. The summed E-state index contributed by atoms with van der Waals surface area (Å²) in [6.45, 7) is 4.19. The zero-order valence-corrected chi connectivity index (χ0v) is 10.9.